The Morgan fingerprint density at radius 1 is 1.11 bits per heavy atom. The number of nitrogens with zero attached hydrogens (tertiary/aromatic N) is 1. The zero-order valence-corrected chi connectivity index (χ0v) is 11.8. The van der Waals surface area contributed by atoms with Gasteiger partial charge in [-0.25, -0.2) is 0 Å². The van der Waals surface area contributed by atoms with E-state index in [1.165, 1.54) is 0 Å². The van der Waals surface area contributed by atoms with Gasteiger partial charge in [0.05, 0.1) is 6.61 Å². The second-order valence-corrected chi connectivity index (χ2v) is 5.24. The van der Waals surface area contributed by atoms with E-state index in [1.807, 2.05) is 0 Å². The van der Waals surface area contributed by atoms with Crippen LogP contribution < -0.4 is 4.74 Å². The van der Waals surface area contributed by atoms with E-state index in [9.17, 15) is 0 Å². The number of rotatable bonds is 5. The predicted octanol–water partition coefficient (Wildman–Crippen LogP) is 4.02. The molecule has 4 heteroatoms. The molecule has 1 aromatic rings. The zero-order valence-electron chi connectivity index (χ0n) is 10.2. The van der Waals surface area contributed by atoms with Crippen LogP contribution in [-0.2, 0) is 0 Å². The van der Waals surface area contributed by atoms with E-state index in [1.54, 1.807) is 18.2 Å². The molecule has 1 heterocycles. The van der Waals surface area contributed by atoms with E-state index < -0.39 is 0 Å². The van der Waals surface area contributed by atoms with Gasteiger partial charge < -0.3 is 4.74 Å². The molecule has 0 atom stereocenters. The molecule has 2 nitrogen and oxygen atoms in total. The molecular weight excluding hydrogens is 269 g/mol. The molecular formula is C14H17Cl2NO. The van der Waals surface area contributed by atoms with Gasteiger partial charge in [-0.3, -0.25) is 4.90 Å². The molecule has 98 valence electrons. The smallest absolute Gasteiger partial charge is 0.122 e. The van der Waals surface area contributed by atoms with Gasteiger partial charge in [0.25, 0.3) is 0 Å². The summed E-state index contributed by atoms with van der Waals surface area (Å²) in [4.78, 5) is 2.42. The minimum atomic E-state index is 0.610. The Labute approximate surface area is 118 Å². The highest BCUT2D eigenvalue weighted by Crippen LogP contribution is 2.24. The minimum absolute atomic E-state index is 0.610. The van der Waals surface area contributed by atoms with E-state index in [2.05, 4.69) is 17.1 Å². The van der Waals surface area contributed by atoms with Crippen molar-refractivity contribution in [2.75, 3.05) is 26.2 Å². The van der Waals surface area contributed by atoms with Crippen LogP contribution in [0.5, 0.6) is 5.75 Å². The molecule has 0 fully saturated rings. The fourth-order valence-corrected chi connectivity index (χ4v) is 2.49. The van der Waals surface area contributed by atoms with Crippen LogP contribution in [0.1, 0.15) is 12.8 Å². The van der Waals surface area contributed by atoms with Gasteiger partial charge in [-0.05, 0) is 31.0 Å². The summed E-state index contributed by atoms with van der Waals surface area (Å²) in [7, 11) is 0. The van der Waals surface area contributed by atoms with Crippen molar-refractivity contribution >= 4 is 23.2 Å². The van der Waals surface area contributed by atoms with Crippen molar-refractivity contribution in [3.63, 3.8) is 0 Å². The molecule has 1 aliphatic heterocycles. The quantitative estimate of drug-likeness (QED) is 0.598. The third-order valence-electron chi connectivity index (χ3n) is 2.87. The van der Waals surface area contributed by atoms with Crippen molar-refractivity contribution in [1.29, 1.82) is 0 Å². The maximum atomic E-state index is 5.90. The normalized spacial score (nSPS) is 15.9. The highest BCUT2D eigenvalue weighted by molar-refractivity contribution is 6.34. The molecule has 0 radical (unpaired) electrons. The monoisotopic (exact) mass is 285 g/mol. The van der Waals surface area contributed by atoms with Crippen LogP contribution in [0.15, 0.2) is 30.4 Å². The van der Waals surface area contributed by atoms with Gasteiger partial charge in [0.1, 0.15) is 5.75 Å². The second kappa shape index (κ2) is 7.03. The van der Waals surface area contributed by atoms with E-state index in [0.717, 1.165) is 38.2 Å². The summed E-state index contributed by atoms with van der Waals surface area (Å²) >= 11 is 11.8. The summed E-state index contributed by atoms with van der Waals surface area (Å²) < 4.78 is 5.65. The van der Waals surface area contributed by atoms with E-state index >= 15 is 0 Å². The molecule has 0 saturated carbocycles. The first-order chi connectivity index (χ1) is 8.74. The van der Waals surface area contributed by atoms with Crippen molar-refractivity contribution in [2.45, 2.75) is 12.8 Å². The van der Waals surface area contributed by atoms with E-state index in [4.69, 9.17) is 27.9 Å². The Balaban J connectivity index is 1.70. The highest BCUT2D eigenvalue weighted by atomic mass is 35.5. The number of benzene rings is 1. The summed E-state index contributed by atoms with van der Waals surface area (Å²) in [6.07, 6.45) is 6.63. The van der Waals surface area contributed by atoms with Crippen LogP contribution in [-0.4, -0.2) is 31.1 Å². The topological polar surface area (TPSA) is 12.5 Å². The van der Waals surface area contributed by atoms with Crippen molar-refractivity contribution in [2.24, 2.45) is 0 Å². The molecule has 2 rings (SSSR count). The summed E-state index contributed by atoms with van der Waals surface area (Å²) in [5, 5.41) is 1.22. The van der Waals surface area contributed by atoms with Crippen LogP contribution in [0.4, 0.5) is 0 Å². The van der Waals surface area contributed by atoms with Gasteiger partial charge in [-0.1, -0.05) is 35.4 Å². The van der Waals surface area contributed by atoms with Gasteiger partial charge in [0.2, 0.25) is 0 Å². The van der Waals surface area contributed by atoms with Crippen LogP contribution in [0, 0.1) is 0 Å². The average Bonchev–Trinajstić information content (AvgIpc) is 2.35. The van der Waals surface area contributed by atoms with Crippen molar-refractivity contribution in [3.05, 3.63) is 40.4 Å². The second-order valence-electron chi connectivity index (χ2n) is 4.37. The van der Waals surface area contributed by atoms with Crippen molar-refractivity contribution in [3.8, 4) is 5.75 Å². The molecule has 0 aliphatic carbocycles. The van der Waals surface area contributed by atoms with E-state index in [-0.39, 0.29) is 0 Å². The van der Waals surface area contributed by atoms with Crippen molar-refractivity contribution < 1.29 is 4.74 Å². The third kappa shape index (κ3) is 4.52. The molecule has 0 saturated heterocycles. The van der Waals surface area contributed by atoms with Crippen molar-refractivity contribution in [1.82, 2.24) is 4.90 Å². The van der Waals surface area contributed by atoms with Gasteiger partial charge in [-0.2, -0.15) is 0 Å². The van der Waals surface area contributed by atoms with Gasteiger partial charge >= 0.3 is 0 Å². The Morgan fingerprint density at radius 3 is 2.56 bits per heavy atom. The summed E-state index contributed by atoms with van der Waals surface area (Å²) in [6, 6.07) is 5.28. The predicted molar refractivity (Wildman–Crippen MR) is 76.8 cm³/mol. The Hall–Kier alpha value is -0.700. The average molecular weight is 286 g/mol. The lowest BCUT2D eigenvalue weighted by Gasteiger charge is -2.22. The largest absolute Gasteiger partial charge is 0.493 e. The Bertz CT molecular complexity index is 400. The number of hydrogen-bond acceptors (Lipinski definition) is 2. The van der Waals surface area contributed by atoms with Crippen LogP contribution >= 0.6 is 23.2 Å². The highest BCUT2D eigenvalue weighted by Gasteiger charge is 2.05. The molecule has 0 spiro atoms. The first-order valence-electron chi connectivity index (χ1n) is 6.20. The molecule has 0 unspecified atom stereocenters. The molecule has 0 N–H and O–H groups in total. The maximum absolute atomic E-state index is 5.90. The molecule has 0 aromatic heterocycles. The van der Waals surface area contributed by atoms with Gasteiger partial charge in [0, 0.05) is 29.7 Å². The third-order valence-corrected chi connectivity index (χ3v) is 3.30. The lowest BCUT2D eigenvalue weighted by atomic mass is 10.2. The number of hydrogen-bond donors (Lipinski definition) is 0. The Morgan fingerprint density at radius 2 is 1.89 bits per heavy atom. The van der Waals surface area contributed by atoms with Crippen LogP contribution in [0.2, 0.25) is 10.0 Å². The number of halogens is 2. The fraction of sp³-hybridized carbons (Fsp3) is 0.429. The van der Waals surface area contributed by atoms with Crippen LogP contribution in [0.25, 0.3) is 0 Å². The number of ether oxygens (including phenoxy) is 1. The Kier molecular flexibility index (Phi) is 5.36. The summed E-state index contributed by atoms with van der Waals surface area (Å²) in [5.41, 5.74) is 0. The van der Waals surface area contributed by atoms with E-state index in [0.29, 0.717) is 16.7 Å². The minimum Gasteiger partial charge on any atom is -0.493 e. The molecule has 1 aliphatic rings. The molecule has 1 aromatic carbocycles. The first-order valence-corrected chi connectivity index (χ1v) is 6.96. The zero-order chi connectivity index (χ0) is 12.8. The summed E-state index contributed by atoms with van der Waals surface area (Å²) in [5.74, 6) is 0.742. The summed E-state index contributed by atoms with van der Waals surface area (Å²) in [6.45, 7) is 3.97. The van der Waals surface area contributed by atoms with Gasteiger partial charge in [-0.15, -0.1) is 0 Å². The standard InChI is InChI=1S/C14H17Cl2NO/c15-12-9-13(16)11-14(10-12)18-8-4-7-17-5-2-1-3-6-17/h1-2,9-11H,3-8H2. The maximum Gasteiger partial charge on any atom is 0.122 e. The lowest BCUT2D eigenvalue weighted by molar-refractivity contribution is 0.247. The van der Waals surface area contributed by atoms with Gasteiger partial charge in [0.15, 0.2) is 0 Å². The first kappa shape index (κ1) is 13.7. The lowest BCUT2D eigenvalue weighted by Crippen LogP contribution is -2.29. The SMILES string of the molecule is Clc1cc(Cl)cc(OCCCN2CC=CCC2)c1. The molecule has 18 heavy (non-hydrogen) atoms. The van der Waals surface area contributed by atoms with Crippen LogP contribution in [0.3, 0.4) is 0 Å². The fourth-order valence-electron chi connectivity index (χ4n) is 1.98. The molecule has 0 bridgehead atoms. The molecule has 0 amide bonds.